The number of benzene rings is 1. The number of rotatable bonds is 1. The van der Waals surface area contributed by atoms with E-state index in [0.717, 1.165) is 5.56 Å². The van der Waals surface area contributed by atoms with Crippen LogP contribution in [0.1, 0.15) is 22.3 Å². The molecule has 0 spiro atoms. The Bertz CT molecular complexity index is 551. The standard InChI is InChI=1S/C9H8ClNO3S/c10-7-3-5-1-2-8(12)6(5)4-9(7)15(11,13)14/h3-4H,1-2H2,(H2,11,13,14). The molecule has 0 fully saturated rings. The minimum atomic E-state index is -3.86. The number of carbonyl (C=O) groups is 1. The molecule has 0 amide bonds. The summed E-state index contributed by atoms with van der Waals surface area (Å²) >= 11 is 5.77. The van der Waals surface area contributed by atoms with Gasteiger partial charge in [-0.15, -0.1) is 0 Å². The van der Waals surface area contributed by atoms with E-state index in [0.29, 0.717) is 18.4 Å². The third-order valence-corrected chi connectivity index (χ3v) is 3.76. The number of sulfonamides is 1. The van der Waals surface area contributed by atoms with Gasteiger partial charge in [-0.25, -0.2) is 13.6 Å². The number of Topliss-reactive ketones (excluding diaryl/α,β-unsaturated/α-hetero) is 1. The number of hydrogen-bond donors (Lipinski definition) is 1. The molecule has 0 unspecified atom stereocenters. The second kappa shape index (κ2) is 3.30. The van der Waals surface area contributed by atoms with Crippen LogP contribution in [-0.4, -0.2) is 14.2 Å². The number of aryl methyl sites for hydroxylation is 1. The molecule has 80 valence electrons. The van der Waals surface area contributed by atoms with Crippen molar-refractivity contribution in [3.05, 3.63) is 28.3 Å². The Kier molecular flexibility index (Phi) is 2.33. The van der Waals surface area contributed by atoms with E-state index in [-0.39, 0.29) is 15.7 Å². The Labute approximate surface area is 92.1 Å². The molecule has 2 rings (SSSR count). The molecule has 0 saturated carbocycles. The highest BCUT2D eigenvalue weighted by Gasteiger charge is 2.24. The first-order chi connectivity index (χ1) is 6.89. The third kappa shape index (κ3) is 1.78. The summed E-state index contributed by atoms with van der Waals surface area (Å²) in [7, 11) is -3.86. The maximum absolute atomic E-state index is 11.4. The molecule has 1 aliphatic rings. The minimum absolute atomic E-state index is 0.0634. The highest BCUT2D eigenvalue weighted by Crippen LogP contribution is 2.30. The lowest BCUT2D eigenvalue weighted by atomic mass is 10.1. The van der Waals surface area contributed by atoms with Crippen LogP contribution in [0.25, 0.3) is 0 Å². The van der Waals surface area contributed by atoms with E-state index in [9.17, 15) is 13.2 Å². The van der Waals surface area contributed by atoms with Crippen molar-refractivity contribution in [3.8, 4) is 0 Å². The van der Waals surface area contributed by atoms with Crippen molar-refractivity contribution in [1.29, 1.82) is 0 Å². The molecule has 0 aliphatic heterocycles. The molecule has 6 heteroatoms. The van der Waals surface area contributed by atoms with Crippen molar-refractivity contribution in [2.45, 2.75) is 17.7 Å². The van der Waals surface area contributed by atoms with Crippen molar-refractivity contribution >= 4 is 27.4 Å². The second-order valence-corrected chi connectivity index (χ2v) is 5.35. The summed E-state index contributed by atoms with van der Waals surface area (Å²) in [6.45, 7) is 0. The van der Waals surface area contributed by atoms with E-state index in [2.05, 4.69) is 0 Å². The monoisotopic (exact) mass is 245 g/mol. The molecule has 2 N–H and O–H groups in total. The zero-order valence-corrected chi connectivity index (χ0v) is 9.23. The van der Waals surface area contributed by atoms with Crippen molar-refractivity contribution in [1.82, 2.24) is 0 Å². The fraction of sp³-hybridized carbons (Fsp3) is 0.222. The number of nitrogens with two attached hydrogens (primary N) is 1. The average Bonchev–Trinajstić information content (AvgIpc) is 2.44. The molecule has 1 aromatic carbocycles. The third-order valence-electron chi connectivity index (χ3n) is 2.39. The van der Waals surface area contributed by atoms with E-state index in [1.54, 1.807) is 0 Å². The number of halogens is 1. The van der Waals surface area contributed by atoms with Gasteiger partial charge in [0.2, 0.25) is 10.0 Å². The van der Waals surface area contributed by atoms with E-state index in [4.69, 9.17) is 16.7 Å². The fourth-order valence-corrected chi connectivity index (χ4v) is 2.78. The van der Waals surface area contributed by atoms with E-state index in [1.165, 1.54) is 12.1 Å². The topological polar surface area (TPSA) is 77.2 Å². The maximum Gasteiger partial charge on any atom is 0.239 e. The first-order valence-electron chi connectivity index (χ1n) is 4.28. The summed E-state index contributed by atoms with van der Waals surface area (Å²) in [4.78, 5) is 11.2. The lowest BCUT2D eigenvalue weighted by Crippen LogP contribution is -2.13. The second-order valence-electron chi connectivity index (χ2n) is 3.41. The fourth-order valence-electron chi connectivity index (χ4n) is 1.66. The molecule has 4 nitrogen and oxygen atoms in total. The summed E-state index contributed by atoms with van der Waals surface area (Å²) in [5.41, 5.74) is 1.21. The molecule has 0 radical (unpaired) electrons. The molecule has 0 bridgehead atoms. The van der Waals surface area contributed by atoms with Crippen LogP contribution in [0.4, 0.5) is 0 Å². The average molecular weight is 246 g/mol. The van der Waals surface area contributed by atoms with Crippen LogP contribution in [0.3, 0.4) is 0 Å². The smallest absolute Gasteiger partial charge is 0.239 e. The molecule has 1 aliphatic carbocycles. The first kappa shape index (κ1) is 10.6. The molecule has 0 heterocycles. The Morgan fingerprint density at radius 1 is 1.27 bits per heavy atom. The van der Waals surface area contributed by atoms with Gasteiger partial charge in [-0.05, 0) is 24.1 Å². The minimum Gasteiger partial charge on any atom is -0.294 e. The molecule has 1 aromatic rings. The van der Waals surface area contributed by atoms with E-state index in [1.807, 2.05) is 0 Å². The number of hydrogen-bond acceptors (Lipinski definition) is 3. The zero-order chi connectivity index (χ0) is 11.2. The van der Waals surface area contributed by atoms with Crippen molar-refractivity contribution in [2.24, 2.45) is 5.14 Å². The van der Waals surface area contributed by atoms with Crippen LogP contribution in [-0.2, 0) is 16.4 Å². The van der Waals surface area contributed by atoms with Gasteiger partial charge in [0.25, 0.3) is 0 Å². The van der Waals surface area contributed by atoms with Crippen LogP contribution < -0.4 is 5.14 Å². The summed E-state index contributed by atoms with van der Waals surface area (Å²) in [5, 5.41) is 5.05. The molecular weight excluding hydrogens is 238 g/mol. The van der Waals surface area contributed by atoms with E-state index >= 15 is 0 Å². The van der Waals surface area contributed by atoms with Crippen LogP contribution in [0, 0.1) is 0 Å². The van der Waals surface area contributed by atoms with Gasteiger partial charge in [-0.3, -0.25) is 4.79 Å². The molecule has 15 heavy (non-hydrogen) atoms. The Morgan fingerprint density at radius 2 is 1.93 bits per heavy atom. The maximum atomic E-state index is 11.4. The van der Waals surface area contributed by atoms with Gasteiger partial charge in [-0.1, -0.05) is 11.6 Å². The van der Waals surface area contributed by atoms with Crippen LogP contribution in [0.15, 0.2) is 17.0 Å². The molecular formula is C9H8ClNO3S. The predicted molar refractivity (Wildman–Crippen MR) is 55.5 cm³/mol. The number of primary sulfonamides is 1. The van der Waals surface area contributed by atoms with Crippen LogP contribution in [0.2, 0.25) is 5.02 Å². The normalized spacial score (nSPS) is 15.5. The van der Waals surface area contributed by atoms with Crippen molar-refractivity contribution in [2.75, 3.05) is 0 Å². The number of carbonyl (C=O) groups excluding carboxylic acids is 1. The predicted octanol–water partition coefficient (Wildman–Crippen LogP) is 1.12. The van der Waals surface area contributed by atoms with Gasteiger partial charge in [0.15, 0.2) is 5.78 Å². The highest BCUT2D eigenvalue weighted by molar-refractivity contribution is 7.89. The van der Waals surface area contributed by atoms with Gasteiger partial charge < -0.3 is 0 Å². The van der Waals surface area contributed by atoms with Crippen LogP contribution >= 0.6 is 11.6 Å². The summed E-state index contributed by atoms with van der Waals surface area (Å²) in [6.07, 6.45) is 1.01. The Hall–Kier alpha value is -0.910. The van der Waals surface area contributed by atoms with Gasteiger partial charge in [0.1, 0.15) is 4.90 Å². The first-order valence-corrected chi connectivity index (χ1v) is 6.20. The Balaban J connectivity index is 2.71. The van der Waals surface area contributed by atoms with Crippen LogP contribution in [0.5, 0.6) is 0 Å². The SMILES string of the molecule is NS(=O)(=O)c1cc2c(cc1Cl)CCC2=O. The van der Waals surface area contributed by atoms with Crippen molar-refractivity contribution in [3.63, 3.8) is 0 Å². The summed E-state index contributed by atoms with van der Waals surface area (Å²) in [6, 6.07) is 2.77. The number of ketones is 1. The summed E-state index contributed by atoms with van der Waals surface area (Å²) in [5.74, 6) is -0.0634. The molecule has 0 saturated heterocycles. The highest BCUT2D eigenvalue weighted by atomic mass is 35.5. The lowest BCUT2D eigenvalue weighted by molar-refractivity contribution is 0.0994. The van der Waals surface area contributed by atoms with Crippen molar-refractivity contribution < 1.29 is 13.2 Å². The summed E-state index contributed by atoms with van der Waals surface area (Å²) < 4.78 is 22.3. The number of fused-ring (bicyclic) bond motifs is 1. The molecule has 0 atom stereocenters. The largest absolute Gasteiger partial charge is 0.294 e. The van der Waals surface area contributed by atoms with Gasteiger partial charge in [0, 0.05) is 12.0 Å². The van der Waals surface area contributed by atoms with Gasteiger partial charge in [0.05, 0.1) is 5.02 Å². The Morgan fingerprint density at radius 3 is 2.53 bits per heavy atom. The zero-order valence-electron chi connectivity index (χ0n) is 7.66. The van der Waals surface area contributed by atoms with Gasteiger partial charge in [-0.2, -0.15) is 0 Å². The van der Waals surface area contributed by atoms with E-state index < -0.39 is 10.0 Å². The lowest BCUT2D eigenvalue weighted by Gasteiger charge is -2.04. The van der Waals surface area contributed by atoms with Gasteiger partial charge >= 0.3 is 0 Å². The quantitative estimate of drug-likeness (QED) is 0.805. The molecule has 0 aromatic heterocycles.